The van der Waals surface area contributed by atoms with Crippen molar-refractivity contribution in [3.8, 4) is 0 Å². The van der Waals surface area contributed by atoms with Gasteiger partial charge in [-0.3, -0.25) is 9.59 Å². The van der Waals surface area contributed by atoms with Crippen LogP contribution in [0.25, 0.3) is 10.9 Å². The molecule has 1 aromatic carbocycles. The Morgan fingerprint density at radius 2 is 1.97 bits per heavy atom. The third kappa shape index (κ3) is 3.98. The van der Waals surface area contributed by atoms with Crippen molar-refractivity contribution in [3.63, 3.8) is 0 Å². The number of benzene rings is 1. The second-order valence-corrected chi connectivity index (χ2v) is 8.95. The highest BCUT2D eigenvalue weighted by Gasteiger charge is 2.34. The van der Waals surface area contributed by atoms with E-state index in [1.807, 2.05) is 41.1 Å². The molecule has 4 heterocycles. The van der Waals surface area contributed by atoms with Crippen LogP contribution in [0.4, 0.5) is 0 Å². The Morgan fingerprint density at radius 3 is 2.84 bits per heavy atom. The number of pyridine rings is 1. The Morgan fingerprint density at radius 1 is 1.09 bits per heavy atom. The SMILES string of the molecule is COCCn1ccc2c(C(=O)NCCN3C[C@H]4C[C@@H](C3)c3cccc(=O)n3C4)cccc21. The Bertz CT molecular complexity index is 1180. The quantitative estimate of drug-likeness (QED) is 0.620. The van der Waals surface area contributed by atoms with Crippen molar-refractivity contribution in [3.05, 3.63) is 70.3 Å². The predicted octanol–water partition coefficient (Wildman–Crippen LogP) is 2.30. The highest BCUT2D eigenvalue weighted by molar-refractivity contribution is 6.06. The van der Waals surface area contributed by atoms with Gasteiger partial charge in [0.25, 0.3) is 11.5 Å². The topological polar surface area (TPSA) is 68.5 Å². The van der Waals surface area contributed by atoms with Crippen molar-refractivity contribution in [2.75, 3.05) is 39.9 Å². The molecule has 5 rings (SSSR count). The number of aromatic nitrogens is 2. The molecule has 7 nitrogen and oxygen atoms in total. The van der Waals surface area contributed by atoms with Gasteiger partial charge in [0.2, 0.25) is 0 Å². The van der Waals surface area contributed by atoms with Crippen LogP contribution in [0.15, 0.2) is 53.5 Å². The molecule has 168 valence electrons. The minimum atomic E-state index is -0.0332. The monoisotopic (exact) mass is 434 g/mol. The summed E-state index contributed by atoms with van der Waals surface area (Å²) in [7, 11) is 1.69. The van der Waals surface area contributed by atoms with E-state index in [4.69, 9.17) is 4.74 Å². The number of nitrogens with zero attached hydrogens (tertiary/aromatic N) is 3. The number of likely N-dealkylation sites (tertiary alicyclic amines) is 1. The van der Waals surface area contributed by atoms with E-state index in [9.17, 15) is 9.59 Å². The Hall–Kier alpha value is -2.90. The van der Waals surface area contributed by atoms with Crippen LogP contribution in [-0.2, 0) is 17.8 Å². The Balaban J connectivity index is 1.21. The van der Waals surface area contributed by atoms with Crippen molar-refractivity contribution < 1.29 is 9.53 Å². The van der Waals surface area contributed by atoms with E-state index in [1.165, 1.54) is 0 Å². The number of amides is 1. The van der Waals surface area contributed by atoms with E-state index >= 15 is 0 Å². The number of hydrogen-bond acceptors (Lipinski definition) is 4. The Labute approximate surface area is 187 Å². The zero-order valence-corrected chi connectivity index (χ0v) is 18.5. The summed E-state index contributed by atoms with van der Waals surface area (Å²) in [4.78, 5) is 27.6. The van der Waals surface area contributed by atoms with Crippen LogP contribution in [0.3, 0.4) is 0 Å². The van der Waals surface area contributed by atoms with Gasteiger partial charge in [0.15, 0.2) is 0 Å². The molecular formula is C25H30N4O3. The lowest BCUT2D eigenvalue weighted by Gasteiger charge is -2.42. The molecule has 2 aromatic heterocycles. The molecule has 0 aliphatic carbocycles. The van der Waals surface area contributed by atoms with Crippen molar-refractivity contribution in [1.82, 2.24) is 19.4 Å². The minimum absolute atomic E-state index is 0.0332. The second kappa shape index (κ2) is 8.92. The normalized spacial score (nSPS) is 20.3. The van der Waals surface area contributed by atoms with E-state index in [2.05, 4.69) is 20.9 Å². The van der Waals surface area contributed by atoms with Gasteiger partial charge in [-0.2, -0.15) is 0 Å². The highest BCUT2D eigenvalue weighted by atomic mass is 16.5. The van der Waals surface area contributed by atoms with Crippen LogP contribution in [0, 0.1) is 5.92 Å². The van der Waals surface area contributed by atoms with Crippen LogP contribution in [0.2, 0.25) is 0 Å². The van der Waals surface area contributed by atoms with Crippen LogP contribution >= 0.6 is 0 Å². The van der Waals surface area contributed by atoms with Gasteiger partial charge < -0.3 is 24.1 Å². The molecular weight excluding hydrogens is 404 g/mol. The summed E-state index contributed by atoms with van der Waals surface area (Å²) in [6.07, 6.45) is 3.16. The first-order valence-electron chi connectivity index (χ1n) is 11.4. The Kier molecular flexibility index (Phi) is 5.85. The van der Waals surface area contributed by atoms with Gasteiger partial charge in [-0.25, -0.2) is 0 Å². The van der Waals surface area contributed by atoms with Gasteiger partial charge in [0.1, 0.15) is 0 Å². The third-order valence-corrected chi connectivity index (χ3v) is 6.86. The van der Waals surface area contributed by atoms with E-state index in [0.29, 0.717) is 30.6 Å². The number of hydrogen-bond donors (Lipinski definition) is 1. The average molecular weight is 435 g/mol. The summed E-state index contributed by atoms with van der Waals surface area (Å²) in [6, 6.07) is 13.5. The summed E-state index contributed by atoms with van der Waals surface area (Å²) in [5, 5.41) is 4.08. The third-order valence-electron chi connectivity index (χ3n) is 6.86. The smallest absolute Gasteiger partial charge is 0.252 e. The van der Waals surface area contributed by atoms with Crippen molar-refractivity contribution >= 4 is 16.8 Å². The maximum Gasteiger partial charge on any atom is 0.252 e. The standard InChI is InChI=1S/C25H30N4O3/c1-32-13-12-28-10-8-20-21(4-2-6-23(20)28)25(31)26-9-11-27-15-18-14-19(17-27)22-5-3-7-24(30)29(22)16-18/h2-8,10,18-19H,9,11-17H2,1H3,(H,26,31)/t18-,19+/m1/s1. The fourth-order valence-electron chi connectivity index (χ4n) is 5.41. The van der Waals surface area contributed by atoms with E-state index < -0.39 is 0 Å². The molecule has 2 aliphatic heterocycles. The zero-order chi connectivity index (χ0) is 22.1. The van der Waals surface area contributed by atoms with Gasteiger partial charge >= 0.3 is 0 Å². The summed E-state index contributed by atoms with van der Waals surface area (Å²) < 4.78 is 9.26. The molecule has 1 N–H and O–H groups in total. The highest BCUT2D eigenvalue weighted by Crippen LogP contribution is 2.34. The fraction of sp³-hybridized carbons (Fsp3) is 0.440. The molecule has 1 saturated heterocycles. The van der Waals surface area contributed by atoms with Crippen molar-refractivity contribution in [2.45, 2.75) is 25.4 Å². The number of methoxy groups -OCH3 is 1. The predicted molar refractivity (Wildman–Crippen MR) is 124 cm³/mol. The fourth-order valence-corrected chi connectivity index (χ4v) is 5.41. The number of fused-ring (bicyclic) bond motifs is 5. The number of carbonyl (C=O) groups excluding carboxylic acids is 1. The van der Waals surface area contributed by atoms with Crippen molar-refractivity contribution in [1.29, 1.82) is 0 Å². The summed E-state index contributed by atoms with van der Waals surface area (Å²) in [5.74, 6) is 0.861. The second-order valence-electron chi connectivity index (χ2n) is 8.95. The van der Waals surface area contributed by atoms with E-state index in [1.54, 1.807) is 13.2 Å². The zero-order valence-electron chi connectivity index (χ0n) is 18.5. The first-order valence-corrected chi connectivity index (χ1v) is 11.4. The first-order chi connectivity index (χ1) is 15.6. The minimum Gasteiger partial charge on any atom is -0.383 e. The van der Waals surface area contributed by atoms with Crippen LogP contribution in [-0.4, -0.2) is 59.8 Å². The number of carbonyl (C=O) groups is 1. The summed E-state index contributed by atoms with van der Waals surface area (Å²) in [5.41, 5.74) is 3.03. The molecule has 0 radical (unpaired) electrons. The summed E-state index contributed by atoms with van der Waals surface area (Å²) >= 11 is 0. The number of piperidine rings is 1. The van der Waals surface area contributed by atoms with Gasteiger partial charge in [-0.05, 0) is 36.6 Å². The van der Waals surface area contributed by atoms with Gasteiger partial charge in [-0.15, -0.1) is 0 Å². The molecule has 2 bridgehead atoms. The molecule has 2 aliphatic rings. The van der Waals surface area contributed by atoms with Crippen LogP contribution in [0.1, 0.15) is 28.4 Å². The molecule has 0 spiro atoms. The number of ether oxygens (including phenoxy) is 1. The lowest BCUT2D eigenvalue weighted by molar-refractivity contribution is 0.0929. The molecule has 1 fully saturated rings. The van der Waals surface area contributed by atoms with Crippen LogP contribution < -0.4 is 10.9 Å². The molecule has 1 amide bonds. The number of rotatable bonds is 7. The van der Waals surface area contributed by atoms with Gasteiger partial charge in [-0.1, -0.05) is 12.1 Å². The molecule has 2 atom stereocenters. The van der Waals surface area contributed by atoms with E-state index in [-0.39, 0.29) is 11.5 Å². The van der Waals surface area contributed by atoms with Crippen molar-refractivity contribution in [2.24, 2.45) is 5.92 Å². The number of nitrogens with one attached hydrogen (secondary N) is 1. The average Bonchev–Trinajstić information content (AvgIpc) is 3.21. The molecule has 0 unspecified atom stereocenters. The lowest BCUT2D eigenvalue weighted by Crippen LogP contribution is -2.48. The first kappa shape index (κ1) is 21.0. The van der Waals surface area contributed by atoms with E-state index in [0.717, 1.165) is 55.7 Å². The lowest BCUT2D eigenvalue weighted by atomic mass is 9.83. The molecule has 3 aromatic rings. The molecule has 7 heteroatoms. The maximum absolute atomic E-state index is 12.9. The summed E-state index contributed by atoms with van der Waals surface area (Å²) in [6.45, 7) is 5.55. The van der Waals surface area contributed by atoms with Gasteiger partial charge in [0, 0.05) is 86.7 Å². The largest absolute Gasteiger partial charge is 0.383 e. The van der Waals surface area contributed by atoms with Crippen LogP contribution in [0.5, 0.6) is 0 Å². The van der Waals surface area contributed by atoms with Gasteiger partial charge in [0.05, 0.1) is 6.61 Å². The maximum atomic E-state index is 12.9. The molecule has 0 saturated carbocycles. The molecule has 32 heavy (non-hydrogen) atoms.